The minimum atomic E-state index is -4.27. The second kappa shape index (κ2) is 5.09. The monoisotopic (exact) mass is 275 g/mol. The second-order valence-corrected chi connectivity index (χ2v) is 6.10. The number of nitrogens with zero attached hydrogens (tertiary/aromatic N) is 1. The van der Waals surface area contributed by atoms with Crippen LogP contribution in [0.1, 0.15) is 12.8 Å². The van der Waals surface area contributed by atoms with Gasteiger partial charge in [0.15, 0.2) is 0 Å². The molecule has 0 aromatic rings. The molecule has 1 heterocycles. The molecule has 1 rings (SSSR count). The van der Waals surface area contributed by atoms with E-state index in [-0.39, 0.29) is 19.4 Å². The molecule has 2 unspecified atom stereocenters. The third-order valence-corrected chi connectivity index (χ3v) is 4.20. The molecular weight excluding hydrogens is 259 g/mol. The molecule has 0 bridgehead atoms. The van der Waals surface area contributed by atoms with E-state index in [2.05, 4.69) is 10.0 Å². The van der Waals surface area contributed by atoms with E-state index in [9.17, 15) is 21.6 Å². The highest BCUT2D eigenvalue weighted by molar-refractivity contribution is 7.87. The fourth-order valence-corrected chi connectivity index (χ4v) is 2.39. The summed E-state index contributed by atoms with van der Waals surface area (Å²) >= 11 is 0. The molecule has 0 radical (unpaired) electrons. The predicted octanol–water partition coefficient (Wildman–Crippen LogP) is 0.0653. The lowest BCUT2D eigenvalue weighted by Gasteiger charge is -2.31. The molecule has 9 heteroatoms. The van der Waals surface area contributed by atoms with Gasteiger partial charge in [0, 0.05) is 26.7 Å². The van der Waals surface area contributed by atoms with Crippen LogP contribution < -0.4 is 10.0 Å². The number of hydrogen-bond donors (Lipinski definition) is 2. The van der Waals surface area contributed by atoms with Crippen molar-refractivity contribution in [2.45, 2.75) is 31.1 Å². The molecule has 1 saturated heterocycles. The van der Waals surface area contributed by atoms with Gasteiger partial charge in [-0.1, -0.05) is 0 Å². The quantitative estimate of drug-likeness (QED) is 0.766. The van der Waals surface area contributed by atoms with Crippen LogP contribution in [0.25, 0.3) is 0 Å². The number of piperidine rings is 1. The highest BCUT2D eigenvalue weighted by Crippen LogP contribution is 2.26. The minimum absolute atomic E-state index is 0.0166. The van der Waals surface area contributed by atoms with Crippen LogP contribution in [0.3, 0.4) is 0 Å². The molecule has 2 atom stereocenters. The van der Waals surface area contributed by atoms with Crippen molar-refractivity contribution in [3.63, 3.8) is 0 Å². The van der Waals surface area contributed by atoms with Crippen molar-refractivity contribution in [2.24, 2.45) is 0 Å². The molecule has 0 amide bonds. The van der Waals surface area contributed by atoms with Crippen molar-refractivity contribution in [1.82, 2.24) is 14.3 Å². The molecular formula is C8H16F3N3O2S. The van der Waals surface area contributed by atoms with Crippen LogP contribution in [0.15, 0.2) is 0 Å². The molecule has 5 nitrogen and oxygen atoms in total. The Hall–Kier alpha value is -0.380. The van der Waals surface area contributed by atoms with Crippen LogP contribution in [0.5, 0.6) is 0 Å². The maximum atomic E-state index is 12.3. The molecule has 1 aliphatic heterocycles. The minimum Gasteiger partial charge on any atom is -0.305 e. The summed E-state index contributed by atoms with van der Waals surface area (Å²) in [5, 5.41) is 2.30. The van der Waals surface area contributed by atoms with Gasteiger partial charge in [-0.3, -0.25) is 0 Å². The van der Waals surface area contributed by atoms with Gasteiger partial charge >= 0.3 is 6.18 Å². The molecule has 1 aliphatic rings. The lowest BCUT2D eigenvalue weighted by atomic mass is 10.0. The summed E-state index contributed by atoms with van der Waals surface area (Å²) in [6.07, 6.45) is -4.22. The van der Waals surface area contributed by atoms with Gasteiger partial charge in [-0.25, -0.2) is 0 Å². The second-order valence-electron chi connectivity index (χ2n) is 4.18. The topological polar surface area (TPSA) is 61.4 Å². The largest absolute Gasteiger partial charge is 0.403 e. The predicted molar refractivity (Wildman–Crippen MR) is 56.6 cm³/mol. The van der Waals surface area contributed by atoms with E-state index in [0.717, 1.165) is 4.31 Å². The molecule has 2 N–H and O–H groups in total. The number of hydrogen-bond acceptors (Lipinski definition) is 3. The first-order chi connectivity index (χ1) is 7.63. The molecule has 0 aromatic heterocycles. The Labute approximate surface area is 98.5 Å². The average molecular weight is 275 g/mol. The fourth-order valence-electron chi connectivity index (χ4n) is 1.55. The Kier molecular flexibility index (Phi) is 4.39. The first kappa shape index (κ1) is 14.7. The Morgan fingerprint density at radius 3 is 2.24 bits per heavy atom. The average Bonchev–Trinajstić information content (AvgIpc) is 2.16. The van der Waals surface area contributed by atoms with Crippen molar-refractivity contribution < 1.29 is 21.6 Å². The van der Waals surface area contributed by atoms with Gasteiger partial charge in [-0.05, 0) is 12.8 Å². The zero-order valence-corrected chi connectivity index (χ0v) is 10.4. The number of rotatable bonds is 3. The molecule has 0 aliphatic carbocycles. The highest BCUT2D eigenvalue weighted by atomic mass is 32.2. The summed E-state index contributed by atoms with van der Waals surface area (Å²) in [6, 6.07) is -2.04. The number of alkyl halides is 3. The van der Waals surface area contributed by atoms with Crippen molar-refractivity contribution >= 4 is 10.2 Å². The summed E-state index contributed by atoms with van der Waals surface area (Å²) in [5.74, 6) is 0. The van der Waals surface area contributed by atoms with Crippen LogP contribution in [-0.4, -0.2) is 51.6 Å². The van der Waals surface area contributed by atoms with Gasteiger partial charge < -0.3 is 5.32 Å². The van der Waals surface area contributed by atoms with E-state index in [1.54, 1.807) is 0 Å². The first-order valence-corrected chi connectivity index (χ1v) is 6.57. The van der Waals surface area contributed by atoms with Crippen LogP contribution >= 0.6 is 0 Å². The van der Waals surface area contributed by atoms with Crippen LogP contribution in [0, 0.1) is 0 Å². The summed E-state index contributed by atoms with van der Waals surface area (Å²) in [4.78, 5) is 0. The molecule has 17 heavy (non-hydrogen) atoms. The first-order valence-electron chi connectivity index (χ1n) is 5.13. The van der Waals surface area contributed by atoms with E-state index in [0.29, 0.717) is 0 Å². The standard InChI is InChI=1S/C8H16F3N3O2S/c1-14(2)17(15,16)13-6-3-4-7(12-5-6)8(9,10)11/h6-7,12-13H,3-5H2,1-2H3. The zero-order chi connectivity index (χ0) is 13.3. The summed E-state index contributed by atoms with van der Waals surface area (Å²) in [6.45, 7) is -0.0166. The lowest BCUT2D eigenvalue weighted by molar-refractivity contribution is -0.160. The summed E-state index contributed by atoms with van der Waals surface area (Å²) in [7, 11) is -0.872. The Bertz CT molecular complexity index is 348. The van der Waals surface area contributed by atoms with E-state index in [1.165, 1.54) is 14.1 Å². The van der Waals surface area contributed by atoms with Crippen molar-refractivity contribution in [3.05, 3.63) is 0 Å². The smallest absolute Gasteiger partial charge is 0.305 e. The van der Waals surface area contributed by atoms with Gasteiger partial charge in [-0.2, -0.15) is 30.6 Å². The van der Waals surface area contributed by atoms with Crippen LogP contribution in [0.4, 0.5) is 13.2 Å². The molecule has 0 spiro atoms. The summed E-state index contributed by atoms with van der Waals surface area (Å²) < 4.78 is 63.2. The maximum Gasteiger partial charge on any atom is 0.403 e. The fraction of sp³-hybridized carbons (Fsp3) is 1.00. The summed E-state index contributed by atoms with van der Waals surface area (Å²) in [5.41, 5.74) is 0. The van der Waals surface area contributed by atoms with Gasteiger partial charge in [0.05, 0.1) is 0 Å². The zero-order valence-electron chi connectivity index (χ0n) is 9.58. The van der Waals surface area contributed by atoms with Gasteiger partial charge in [0.1, 0.15) is 6.04 Å². The van der Waals surface area contributed by atoms with Crippen LogP contribution in [0.2, 0.25) is 0 Å². The van der Waals surface area contributed by atoms with Crippen molar-refractivity contribution in [3.8, 4) is 0 Å². The third-order valence-electron chi connectivity index (χ3n) is 2.61. The molecule has 0 aromatic carbocycles. The Balaban J connectivity index is 2.49. The van der Waals surface area contributed by atoms with Crippen LogP contribution in [-0.2, 0) is 10.2 Å². The number of halogens is 3. The van der Waals surface area contributed by atoms with E-state index >= 15 is 0 Å². The van der Waals surface area contributed by atoms with Crippen molar-refractivity contribution in [2.75, 3.05) is 20.6 Å². The molecule has 0 saturated carbocycles. The molecule has 102 valence electrons. The van der Waals surface area contributed by atoms with Gasteiger partial charge in [0.2, 0.25) is 0 Å². The number of nitrogens with one attached hydrogen (secondary N) is 2. The maximum absolute atomic E-state index is 12.3. The molecule has 1 fully saturated rings. The lowest BCUT2D eigenvalue weighted by Crippen LogP contribution is -2.55. The van der Waals surface area contributed by atoms with Gasteiger partial charge in [-0.15, -0.1) is 0 Å². The van der Waals surface area contributed by atoms with E-state index in [4.69, 9.17) is 0 Å². The van der Waals surface area contributed by atoms with Gasteiger partial charge in [0.25, 0.3) is 10.2 Å². The Morgan fingerprint density at radius 1 is 1.29 bits per heavy atom. The highest BCUT2D eigenvalue weighted by Gasteiger charge is 2.41. The SMILES string of the molecule is CN(C)S(=O)(=O)NC1CCC(C(F)(F)F)NC1. The van der Waals surface area contributed by atoms with E-state index < -0.39 is 28.5 Å². The third kappa shape index (κ3) is 4.09. The van der Waals surface area contributed by atoms with Crippen molar-refractivity contribution in [1.29, 1.82) is 0 Å². The van der Waals surface area contributed by atoms with E-state index in [1.807, 2.05) is 0 Å². The Morgan fingerprint density at radius 2 is 1.88 bits per heavy atom. The normalized spacial score (nSPS) is 27.4.